The number of imidazole rings is 1. The molecule has 0 amide bonds. The summed E-state index contributed by atoms with van der Waals surface area (Å²) < 4.78 is 8.60. The van der Waals surface area contributed by atoms with Gasteiger partial charge in [0, 0.05) is 6.20 Å². The first-order chi connectivity index (χ1) is 9.35. The molecule has 0 fully saturated rings. The highest BCUT2D eigenvalue weighted by molar-refractivity contribution is 7.23. The highest BCUT2D eigenvalue weighted by Crippen LogP contribution is 2.32. The zero-order valence-electron chi connectivity index (χ0n) is 10.2. The average molecular weight is 286 g/mol. The van der Waals surface area contributed by atoms with E-state index >= 15 is 0 Å². The number of hydrogen-bond donors (Lipinski definition) is 0. The highest BCUT2D eigenvalue weighted by atomic mass is 32.1. The van der Waals surface area contributed by atoms with Crippen molar-refractivity contribution in [2.45, 2.75) is 0 Å². The van der Waals surface area contributed by atoms with Gasteiger partial charge in [0.05, 0.1) is 22.2 Å². The smallest absolute Gasteiger partial charge is 0.195 e. The zero-order chi connectivity index (χ0) is 12.8. The molecule has 0 aliphatic rings. The van der Waals surface area contributed by atoms with Crippen LogP contribution in [0.2, 0.25) is 0 Å². The van der Waals surface area contributed by atoms with Gasteiger partial charge in [-0.3, -0.25) is 4.40 Å². The molecule has 0 N–H and O–H groups in total. The van der Waals surface area contributed by atoms with Gasteiger partial charge >= 0.3 is 0 Å². The van der Waals surface area contributed by atoms with Crippen molar-refractivity contribution in [1.82, 2.24) is 9.38 Å². The Kier molecular flexibility index (Phi) is 2.36. The van der Waals surface area contributed by atoms with Gasteiger partial charge in [-0.05, 0) is 29.6 Å². The fourth-order valence-electron chi connectivity index (χ4n) is 2.15. The molecule has 3 nitrogen and oxygen atoms in total. The van der Waals surface area contributed by atoms with Crippen molar-refractivity contribution in [3.8, 4) is 16.3 Å². The first-order valence-corrected chi connectivity index (χ1v) is 7.54. The Balaban J connectivity index is 1.96. The summed E-state index contributed by atoms with van der Waals surface area (Å²) >= 11 is 3.40. The molecule has 0 unspecified atom stereocenters. The molecule has 19 heavy (non-hydrogen) atoms. The molecule has 94 valence electrons. The van der Waals surface area contributed by atoms with Crippen molar-refractivity contribution in [2.24, 2.45) is 0 Å². The summed E-state index contributed by atoms with van der Waals surface area (Å²) in [6, 6.07) is 10.3. The van der Waals surface area contributed by atoms with E-state index < -0.39 is 0 Å². The van der Waals surface area contributed by atoms with Gasteiger partial charge in [0.1, 0.15) is 11.4 Å². The molecule has 0 saturated carbocycles. The second-order valence-electron chi connectivity index (χ2n) is 4.19. The van der Waals surface area contributed by atoms with E-state index in [2.05, 4.69) is 40.2 Å². The molecule has 3 aromatic heterocycles. The molecule has 0 aliphatic heterocycles. The maximum absolute atomic E-state index is 5.26. The summed E-state index contributed by atoms with van der Waals surface area (Å²) in [5, 5.41) is 2.08. The van der Waals surface area contributed by atoms with Crippen molar-refractivity contribution in [3.05, 3.63) is 41.9 Å². The molecule has 0 radical (unpaired) electrons. The highest BCUT2D eigenvalue weighted by Gasteiger charge is 2.11. The number of benzene rings is 1. The number of ether oxygens (including phenoxy) is 1. The monoisotopic (exact) mass is 286 g/mol. The quantitative estimate of drug-likeness (QED) is 0.549. The first kappa shape index (κ1) is 11.0. The van der Waals surface area contributed by atoms with Gasteiger partial charge in [-0.1, -0.05) is 17.4 Å². The lowest BCUT2D eigenvalue weighted by Crippen LogP contribution is -1.82. The molecule has 0 atom stereocenters. The van der Waals surface area contributed by atoms with E-state index in [1.165, 1.54) is 15.1 Å². The molecule has 0 aliphatic carbocycles. The summed E-state index contributed by atoms with van der Waals surface area (Å²) in [6.45, 7) is 0. The van der Waals surface area contributed by atoms with E-state index in [1.807, 2.05) is 6.07 Å². The molecule has 3 heterocycles. The van der Waals surface area contributed by atoms with Gasteiger partial charge in [0.25, 0.3) is 0 Å². The Bertz CT molecular complexity index is 858. The van der Waals surface area contributed by atoms with Gasteiger partial charge in [-0.25, -0.2) is 4.98 Å². The number of thiophene rings is 1. The third-order valence-corrected chi connectivity index (χ3v) is 4.98. The summed E-state index contributed by atoms with van der Waals surface area (Å²) in [5.41, 5.74) is 2.22. The minimum Gasteiger partial charge on any atom is -0.497 e. The first-order valence-electron chi connectivity index (χ1n) is 5.85. The molecule has 4 aromatic rings. The van der Waals surface area contributed by atoms with Crippen LogP contribution >= 0.6 is 22.7 Å². The van der Waals surface area contributed by atoms with Crippen LogP contribution in [0, 0.1) is 0 Å². The average Bonchev–Trinajstić information content (AvgIpc) is 3.12. The van der Waals surface area contributed by atoms with Crippen molar-refractivity contribution in [2.75, 3.05) is 7.11 Å². The Morgan fingerprint density at radius 1 is 1.26 bits per heavy atom. The Labute approximate surface area is 117 Å². The van der Waals surface area contributed by atoms with Crippen LogP contribution in [0.4, 0.5) is 0 Å². The van der Waals surface area contributed by atoms with E-state index in [1.54, 1.807) is 29.8 Å². The lowest BCUT2D eigenvalue weighted by molar-refractivity contribution is 0.415. The number of hydrogen-bond acceptors (Lipinski definition) is 4. The summed E-state index contributed by atoms with van der Waals surface area (Å²) in [5.74, 6) is 0.885. The van der Waals surface area contributed by atoms with Crippen molar-refractivity contribution in [3.63, 3.8) is 0 Å². The van der Waals surface area contributed by atoms with Crippen LogP contribution < -0.4 is 4.74 Å². The fraction of sp³-hybridized carbons (Fsp3) is 0.0714. The zero-order valence-corrected chi connectivity index (χ0v) is 11.8. The fourth-order valence-corrected chi connectivity index (χ4v) is 3.87. The molecular formula is C14H10N2OS2. The Morgan fingerprint density at radius 2 is 2.21 bits per heavy atom. The standard InChI is InChI=1S/C14H10N2OS2/c1-17-9-4-5-11-13(7-9)19-14-15-10(8-16(11)14)12-3-2-6-18-12/h2-8H,1H3. The molecule has 5 heteroatoms. The van der Waals surface area contributed by atoms with Crippen LogP contribution in [-0.4, -0.2) is 16.5 Å². The predicted octanol–water partition coefficient (Wildman–Crippen LogP) is 4.29. The predicted molar refractivity (Wildman–Crippen MR) is 80.4 cm³/mol. The van der Waals surface area contributed by atoms with Crippen LogP contribution in [0.1, 0.15) is 0 Å². The van der Waals surface area contributed by atoms with Crippen LogP contribution in [0.3, 0.4) is 0 Å². The minimum absolute atomic E-state index is 0.885. The van der Waals surface area contributed by atoms with Gasteiger partial charge in [0.15, 0.2) is 4.96 Å². The lowest BCUT2D eigenvalue weighted by atomic mass is 10.3. The van der Waals surface area contributed by atoms with Crippen molar-refractivity contribution >= 4 is 37.9 Å². The largest absolute Gasteiger partial charge is 0.497 e. The van der Waals surface area contributed by atoms with Crippen LogP contribution in [0.15, 0.2) is 41.9 Å². The van der Waals surface area contributed by atoms with E-state index in [0.717, 1.165) is 16.4 Å². The SMILES string of the molecule is COc1ccc2c(c1)sc1nc(-c3cccs3)cn12. The topological polar surface area (TPSA) is 26.5 Å². The van der Waals surface area contributed by atoms with E-state index in [-0.39, 0.29) is 0 Å². The van der Waals surface area contributed by atoms with Gasteiger partial charge in [0.2, 0.25) is 0 Å². The number of fused-ring (bicyclic) bond motifs is 3. The van der Waals surface area contributed by atoms with Crippen LogP contribution in [0.25, 0.3) is 25.7 Å². The summed E-state index contributed by atoms with van der Waals surface area (Å²) in [4.78, 5) is 6.93. The number of aromatic nitrogens is 2. The Morgan fingerprint density at radius 3 is 3.00 bits per heavy atom. The van der Waals surface area contributed by atoms with Gasteiger partial charge < -0.3 is 4.74 Å². The van der Waals surface area contributed by atoms with E-state index in [4.69, 9.17) is 9.72 Å². The number of rotatable bonds is 2. The minimum atomic E-state index is 0.885. The van der Waals surface area contributed by atoms with Crippen molar-refractivity contribution in [1.29, 1.82) is 0 Å². The number of thiazole rings is 1. The lowest BCUT2D eigenvalue weighted by Gasteiger charge is -1.98. The maximum atomic E-state index is 5.26. The van der Waals surface area contributed by atoms with Crippen LogP contribution in [-0.2, 0) is 0 Å². The van der Waals surface area contributed by atoms with Crippen LogP contribution in [0.5, 0.6) is 5.75 Å². The second kappa shape index (κ2) is 4.08. The normalized spacial score (nSPS) is 11.4. The third kappa shape index (κ3) is 1.66. The summed E-state index contributed by atoms with van der Waals surface area (Å²) in [7, 11) is 1.69. The maximum Gasteiger partial charge on any atom is 0.195 e. The van der Waals surface area contributed by atoms with E-state index in [0.29, 0.717) is 0 Å². The number of methoxy groups -OCH3 is 1. The Hall–Kier alpha value is -1.85. The second-order valence-corrected chi connectivity index (χ2v) is 6.15. The molecule has 0 saturated heterocycles. The summed E-state index contributed by atoms with van der Waals surface area (Å²) in [6.07, 6.45) is 2.10. The molecule has 0 spiro atoms. The van der Waals surface area contributed by atoms with Crippen molar-refractivity contribution < 1.29 is 4.74 Å². The molecular weight excluding hydrogens is 276 g/mol. The third-order valence-electron chi connectivity index (χ3n) is 3.07. The van der Waals surface area contributed by atoms with Gasteiger partial charge in [-0.2, -0.15) is 0 Å². The number of nitrogens with zero attached hydrogens (tertiary/aromatic N) is 2. The van der Waals surface area contributed by atoms with Gasteiger partial charge in [-0.15, -0.1) is 11.3 Å². The molecule has 4 rings (SSSR count). The molecule has 0 bridgehead atoms. The van der Waals surface area contributed by atoms with E-state index in [9.17, 15) is 0 Å². The molecule has 1 aromatic carbocycles.